The highest BCUT2D eigenvalue weighted by Crippen LogP contribution is 2.25. The molecule has 0 aromatic heterocycles. The van der Waals surface area contributed by atoms with Gasteiger partial charge in [0, 0.05) is 16.5 Å². The molecule has 0 saturated heterocycles. The van der Waals surface area contributed by atoms with Gasteiger partial charge in [0.05, 0.1) is 0 Å². The maximum atomic E-state index is 14.0. The van der Waals surface area contributed by atoms with Gasteiger partial charge in [-0.25, -0.2) is 4.39 Å². The molecule has 0 aliphatic rings. The largest absolute Gasteiger partial charge is 0.294 e. The number of rotatable bonds is 4. The van der Waals surface area contributed by atoms with Crippen LogP contribution >= 0.6 is 15.9 Å². The number of hydrogen-bond acceptors (Lipinski definition) is 1. The minimum atomic E-state index is -1.27. The summed E-state index contributed by atoms with van der Waals surface area (Å²) in [6, 6.07) is 15.8. The lowest BCUT2D eigenvalue weighted by molar-refractivity contribution is 0.0947. The van der Waals surface area contributed by atoms with E-state index in [1.165, 1.54) is 0 Å². The zero-order valence-corrected chi connectivity index (χ0v) is 11.2. The Morgan fingerprint density at radius 1 is 1.11 bits per heavy atom. The standard InChI is InChI=1S/C15H12BrFO/c16-13-8-4-7-12(9-13)14(17)10-15(18)11-5-2-1-3-6-11/h1-9,14H,10H2. The third kappa shape index (κ3) is 3.26. The monoisotopic (exact) mass is 306 g/mol. The number of carbonyl (C=O) groups excluding carboxylic acids is 1. The van der Waals surface area contributed by atoms with Crippen molar-refractivity contribution in [3.05, 3.63) is 70.2 Å². The summed E-state index contributed by atoms with van der Waals surface area (Å²) in [5.41, 5.74) is 1.07. The van der Waals surface area contributed by atoms with Crippen LogP contribution < -0.4 is 0 Å². The highest BCUT2D eigenvalue weighted by molar-refractivity contribution is 9.10. The molecule has 1 nitrogen and oxygen atoms in total. The third-order valence-corrected chi connectivity index (χ3v) is 3.16. The SMILES string of the molecule is O=C(CC(F)c1cccc(Br)c1)c1ccccc1. The van der Waals surface area contributed by atoms with Gasteiger partial charge in [-0.1, -0.05) is 58.4 Å². The molecule has 0 saturated carbocycles. The first-order valence-electron chi connectivity index (χ1n) is 5.64. The van der Waals surface area contributed by atoms with Gasteiger partial charge in [0.2, 0.25) is 0 Å². The minimum absolute atomic E-state index is 0.125. The van der Waals surface area contributed by atoms with Gasteiger partial charge in [0.1, 0.15) is 6.17 Å². The summed E-state index contributed by atoms with van der Waals surface area (Å²) in [6.07, 6.45) is -1.39. The van der Waals surface area contributed by atoms with Crippen molar-refractivity contribution in [3.8, 4) is 0 Å². The molecule has 3 heteroatoms. The van der Waals surface area contributed by atoms with E-state index in [1.807, 2.05) is 12.1 Å². The number of hydrogen-bond donors (Lipinski definition) is 0. The summed E-state index contributed by atoms with van der Waals surface area (Å²) in [4.78, 5) is 11.9. The molecule has 0 amide bonds. The lowest BCUT2D eigenvalue weighted by Gasteiger charge is -2.08. The van der Waals surface area contributed by atoms with Crippen LogP contribution in [0.1, 0.15) is 28.5 Å². The van der Waals surface area contributed by atoms with Crippen LogP contribution in [-0.4, -0.2) is 5.78 Å². The van der Waals surface area contributed by atoms with Crippen molar-refractivity contribution in [2.75, 3.05) is 0 Å². The fraction of sp³-hybridized carbons (Fsp3) is 0.133. The van der Waals surface area contributed by atoms with Gasteiger partial charge in [0.15, 0.2) is 5.78 Å². The summed E-state index contributed by atoms with van der Waals surface area (Å²) in [7, 11) is 0. The predicted molar refractivity (Wildman–Crippen MR) is 73.4 cm³/mol. The van der Waals surface area contributed by atoms with Crippen LogP contribution in [0.25, 0.3) is 0 Å². The van der Waals surface area contributed by atoms with Crippen molar-refractivity contribution in [2.24, 2.45) is 0 Å². The number of benzene rings is 2. The molecule has 1 unspecified atom stereocenters. The van der Waals surface area contributed by atoms with E-state index >= 15 is 0 Å². The molecule has 0 aliphatic carbocycles. The lowest BCUT2D eigenvalue weighted by atomic mass is 10.0. The summed E-state index contributed by atoms with van der Waals surface area (Å²) in [5, 5.41) is 0. The lowest BCUT2D eigenvalue weighted by Crippen LogP contribution is -2.04. The molecule has 0 fully saturated rings. The summed E-state index contributed by atoms with van der Waals surface area (Å²) in [6.45, 7) is 0. The maximum absolute atomic E-state index is 14.0. The van der Waals surface area contributed by atoms with Crippen molar-refractivity contribution >= 4 is 21.7 Å². The molecule has 0 heterocycles. The molecular formula is C15H12BrFO. The second-order valence-electron chi connectivity index (χ2n) is 4.02. The van der Waals surface area contributed by atoms with Crippen molar-refractivity contribution in [3.63, 3.8) is 0 Å². The van der Waals surface area contributed by atoms with Gasteiger partial charge in [-0.3, -0.25) is 4.79 Å². The Hall–Kier alpha value is -1.48. The molecule has 0 spiro atoms. The summed E-state index contributed by atoms with van der Waals surface area (Å²) >= 11 is 3.29. The summed E-state index contributed by atoms with van der Waals surface area (Å²) < 4.78 is 14.8. The van der Waals surface area contributed by atoms with Crippen LogP contribution in [0.4, 0.5) is 4.39 Å². The first-order valence-corrected chi connectivity index (χ1v) is 6.44. The first-order chi connectivity index (χ1) is 8.66. The highest BCUT2D eigenvalue weighted by Gasteiger charge is 2.16. The zero-order valence-electron chi connectivity index (χ0n) is 9.64. The normalized spacial score (nSPS) is 12.1. The molecular weight excluding hydrogens is 295 g/mol. The number of halogens is 2. The van der Waals surface area contributed by atoms with Crippen molar-refractivity contribution in [2.45, 2.75) is 12.6 Å². The Balaban J connectivity index is 2.08. The van der Waals surface area contributed by atoms with Crippen molar-refractivity contribution in [1.82, 2.24) is 0 Å². The van der Waals surface area contributed by atoms with E-state index in [0.717, 1.165) is 4.47 Å². The fourth-order valence-electron chi connectivity index (χ4n) is 1.72. The van der Waals surface area contributed by atoms with Crippen LogP contribution in [-0.2, 0) is 0 Å². The van der Waals surface area contributed by atoms with Gasteiger partial charge in [0.25, 0.3) is 0 Å². The average molecular weight is 307 g/mol. The summed E-state index contributed by atoms with van der Waals surface area (Å²) in [5.74, 6) is -0.178. The van der Waals surface area contributed by atoms with E-state index in [0.29, 0.717) is 11.1 Å². The second kappa shape index (κ2) is 5.91. The Labute approximate surface area is 114 Å². The molecule has 0 radical (unpaired) electrons. The smallest absolute Gasteiger partial charge is 0.166 e. The Kier molecular flexibility index (Phi) is 4.26. The molecule has 2 rings (SSSR count). The average Bonchev–Trinajstić information content (AvgIpc) is 2.39. The molecule has 2 aromatic carbocycles. The molecule has 0 aliphatic heterocycles. The number of alkyl halides is 1. The van der Waals surface area contributed by atoms with E-state index in [-0.39, 0.29) is 12.2 Å². The van der Waals surface area contributed by atoms with Gasteiger partial charge in [-0.15, -0.1) is 0 Å². The molecule has 2 aromatic rings. The minimum Gasteiger partial charge on any atom is -0.294 e. The van der Waals surface area contributed by atoms with Gasteiger partial charge in [-0.05, 0) is 17.7 Å². The van der Waals surface area contributed by atoms with Crippen LogP contribution in [0.2, 0.25) is 0 Å². The van der Waals surface area contributed by atoms with Gasteiger partial charge < -0.3 is 0 Å². The molecule has 0 N–H and O–H groups in total. The number of Topliss-reactive ketones (excluding diaryl/α,β-unsaturated/α-hetero) is 1. The predicted octanol–water partition coefficient (Wildman–Crippen LogP) is 4.73. The zero-order chi connectivity index (χ0) is 13.0. The van der Waals surface area contributed by atoms with E-state index in [9.17, 15) is 9.18 Å². The highest BCUT2D eigenvalue weighted by atomic mass is 79.9. The molecule has 92 valence electrons. The van der Waals surface area contributed by atoms with Crippen LogP contribution in [0.5, 0.6) is 0 Å². The van der Waals surface area contributed by atoms with Crippen molar-refractivity contribution < 1.29 is 9.18 Å². The van der Waals surface area contributed by atoms with Gasteiger partial charge >= 0.3 is 0 Å². The van der Waals surface area contributed by atoms with E-state index < -0.39 is 6.17 Å². The molecule has 1 atom stereocenters. The first kappa shape index (κ1) is 13.0. The van der Waals surface area contributed by atoms with Crippen LogP contribution in [0.3, 0.4) is 0 Å². The van der Waals surface area contributed by atoms with Crippen LogP contribution in [0, 0.1) is 0 Å². The van der Waals surface area contributed by atoms with Crippen LogP contribution in [0.15, 0.2) is 59.1 Å². The van der Waals surface area contributed by atoms with E-state index in [4.69, 9.17) is 0 Å². The van der Waals surface area contributed by atoms with Gasteiger partial charge in [-0.2, -0.15) is 0 Å². The Bertz CT molecular complexity index is 539. The number of ketones is 1. The van der Waals surface area contributed by atoms with E-state index in [1.54, 1.807) is 42.5 Å². The topological polar surface area (TPSA) is 17.1 Å². The van der Waals surface area contributed by atoms with E-state index in [2.05, 4.69) is 15.9 Å². The fourth-order valence-corrected chi connectivity index (χ4v) is 2.14. The van der Waals surface area contributed by atoms with Crippen molar-refractivity contribution in [1.29, 1.82) is 0 Å². The Morgan fingerprint density at radius 3 is 2.50 bits per heavy atom. The molecule has 18 heavy (non-hydrogen) atoms. The number of carbonyl (C=O) groups is 1. The Morgan fingerprint density at radius 2 is 1.83 bits per heavy atom. The quantitative estimate of drug-likeness (QED) is 0.746. The third-order valence-electron chi connectivity index (χ3n) is 2.67. The maximum Gasteiger partial charge on any atom is 0.166 e. The molecule has 0 bridgehead atoms. The second-order valence-corrected chi connectivity index (χ2v) is 4.93.